The van der Waals surface area contributed by atoms with E-state index in [1.165, 1.54) is 30.3 Å². The zero-order chi connectivity index (χ0) is 17.9. The molecule has 0 heterocycles. The van der Waals surface area contributed by atoms with Gasteiger partial charge >= 0.3 is 12.1 Å². The number of rotatable bonds is 4. The molecule has 0 aliphatic rings. The number of carboxylic acid groups (broad SMARTS) is 1. The first kappa shape index (κ1) is 17.3. The van der Waals surface area contributed by atoms with Crippen molar-refractivity contribution in [1.82, 2.24) is 0 Å². The number of hydrogen-bond acceptors (Lipinski definition) is 3. The van der Waals surface area contributed by atoms with Crippen molar-refractivity contribution in [2.75, 3.05) is 17.2 Å². The van der Waals surface area contributed by atoms with Gasteiger partial charge in [-0.05, 0) is 36.4 Å². The summed E-state index contributed by atoms with van der Waals surface area (Å²) in [5.74, 6) is -2.12. The standard InChI is InChI=1S/C16H13F3N2O3/c17-16(18,19)11-4-2-6-13(8-11)21(9-14(22)23)15(24)10-3-1-5-12(20)7-10/h1-8H,9,20H2,(H,22,23). The van der Waals surface area contributed by atoms with Gasteiger partial charge in [0.25, 0.3) is 5.91 Å². The van der Waals surface area contributed by atoms with E-state index >= 15 is 0 Å². The average molecular weight is 338 g/mol. The lowest BCUT2D eigenvalue weighted by atomic mass is 10.1. The Balaban J connectivity index is 2.46. The molecule has 24 heavy (non-hydrogen) atoms. The molecule has 0 atom stereocenters. The molecule has 0 saturated carbocycles. The molecule has 0 aliphatic carbocycles. The average Bonchev–Trinajstić information content (AvgIpc) is 2.51. The normalized spacial score (nSPS) is 11.1. The van der Waals surface area contributed by atoms with Crippen molar-refractivity contribution in [1.29, 1.82) is 0 Å². The number of benzene rings is 2. The molecule has 126 valence electrons. The highest BCUT2D eigenvalue weighted by Gasteiger charge is 2.31. The highest BCUT2D eigenvalue weighted by atomic mass is 19.4. The van der Waals surface area contributed by atoms with Gasteiger partial charge in [0.05, 0.1) is 5.56 Å². The lowest BCUT2D eigenvalue weighted by molar-refractivity contribution is -0.137. The zero-order valence-electron chi connectivity index (χ0n) is 12.2. The number of halogens is 3. The molecule has 0 radical (unpaired) electrons. The minimum Gasteiger partial charge on any atom is -0.480 e. The highest BCUT2D eigenvalue weighted by Crippen LogP contribution is 2.32. The van der Waals surface area contributed by atoms with E-state index in [-0.39, 0.29) is 16.9 Å². The summed E-state index contributed by atoms with van der Waals surface area (Å²) in [4.78, 5) is 24.3. The maximum absolute atomic E-state index is 12.8. The Labute approximate surface area is 135 Å². The first-order valence-electron chi connectivity index (χ1n) is 6.75. The number of alkyl halides is 3. The van der Waals surface area contributed by atoms with Crippen molar-refractivity contribution in [3.05, 3.63) is 59.7 Å². The van der Waals surface area contributed by atoms with E-state index in [2.05, 4.69) is 0 Å². The fourth-order valence-corrected chi connectivity index (χ4v) is 2.09. The van der Waals surface area contributed by atoms with Crippen LogP contribution in [0.2, 0.25) is 0 Å². The Morgan fingerprint density at radius 1 is 1.08 bits per heavy atom. The molecule has 0 aliphatic heterocycles. The summed E-state index contributed by atoms with van der Waals surface area (Å²) < 4.78 is 38.5. The van der Waals surface area contributed by atoms with E-state index in [1.54, 1.807) is 0 Å². The Hall–Kier alpha value is -3.03. The van der Waals surface area contributed by atoms with Gasteiger partial charge in [-0.1, -0.05) is 12.1 Å². The minimum atomic E-state index is -4.61. The van der Waals surface area contributed by atoms with Crippen LogP contribution in [0, 0.1) is 0 Å². The number of amides is 1. The van der Waals surface area contributed by atoms with Gasteiger partial charge in [-0.25, -0.2) is 0 Å². The Morgan fingerprint density at radius 3 is 2.33 bits per heavy atom. The molecule has 2 rings (SSSR count). The van der Waals surface area contributed by atoms with E-state index < -0.39 is 30.2 Å². The Bertz CT molecular complexity index is 775. The van der Waals surface area contributed by atoms with Crippen LogP contribution in [0.15, 0.2) is 48.5 Å². The lowest BCUT2D eigenvalue weighted by Gasteiger charge is -2.22. The third kappa shape index (κ3) is 4.03. The molecule has 2 aromatic rings. The minimum absolute atomic E-state index is 0.0775. The Morgan fingerprint density at radius 2 is 1.75 bits per heavy atom. The number of carbonyl (C=O) groups is 2. The van der Waals surface area contributed by atoms with Crippen molar-refractivity contribution >= 4 is 23.3 Å². The lowest BCUT2D eigenvalue weighted by Crippen LogP contribution is -2.36. The molecule has 8 heteroatoms. The van der Waals surface area contributed by atoms with E-state index in [0.717, 1.165) is 23.1 Å². The molecule has 0 spiro atoms. The fraction of sp³-hybridized carbons (Fsp3) is 0.125. The van der Waals surface area contributed by atoms with Crippen molar-refractivity contribution in [2.24, 2.45) is 0 Å². The summed E-state index contributed by atoms with van der Waals surface area (Å²) in [5.41, 5.74) is 4.79. The summed E-state index contributed by atoms with van der Waals surface area (Å²) in [5, 5.41) is 8.98. The highest BCUT2D eigenvalue weighted by molar-refractivity contribution is 6.08. The van der Waals surface area contributed by atoms with Gasteiger partial charge in [0.2, 0.25) is 0 Å². The predicted octanol–water partition coefficient (Wildman–Crippen LogP) is 3.02. The first-order chi connectivity index (χ1) is 11.2. The largest absolute Gasteiger partial charge is 0.480 e. The second-order valence-corrected chi connectivity index (χ2v) is 4.96. The van der Waals surface area contributed by atoms with Crippen LogP contribution in [0.3, 0.4) is 0 Å². The number of carbonyl (C=O) groups excluding carboxylic acids is 1. The van der Waals surface area contributed by atoms with Crippen molar-refractivity contribution in [3.8, 4) is 0 Å². The van der Waals surface area contributed by atoms with E-state index in [9.17, 15) is 22.8 Å². The smallest absolute Gasteiger partial charge is 0.416 e. The molecule has 0 aromatic heterocycles. The van der Waals surface area contributed by atoms with Gasteiger partial charge in [0.1, 0.15) is 6.54 Å². The van der Waals surface area contributed by atoms with Crippen LogP contribution in [0.1, 0.15) is 15.9 Å². The fourth-order valence-electron chi connectivity index (χ4n) is 2.09. The van der Waals surface area contributed by atoms with Crippen LogP contribution in [0.4, 0.5) is 24.5 Å². The molecule has 2 aromatic carbocycles. The second kappa shape index (κ2) is 6.61. The first-order valence-corrected chi connectivity index (χ1v) is 6.75. The number of aliphatic carboxylic acids is 1. The van der Waals surface area contributed by atoms with Crippen LogP contribution < -0.4 is 10.6 Å². The molecular weight excluding hydrogens is 325 g/mol. The van der Waals surface area contributed by atoms with Crippen molar-refractivity contribution in [2.45, 2.75) is 6.18 Å². The van der Waals surface area contributed by atoms with Crippen LogP contribution in [-0.4, -0.2) is 23.5 Å². The zero-order valence-corrected chi connectivity index (χ0v) is 12.2. The summed E-state index contributed by atoms with van der Waals surface area (Å²) in [7, 11) is 0. The summed E-state index contributed by atoms with van der Waals surface area (Å²) >= 11 is 0. The maximum Gasteiger partial charge on any atom is 0.416 e. The molecule has 1 amide bonds. The van der Waals surface area contributed by atoms with Gasteiger partial charge in [-0.3, -0.25) is 14.5 Å². The summed E-state index contributed by atoms with van der Waals surface area (Å²) in [6, 6.07) is 9.67. The summed E-state index contributed by atoms with van der Waals surface area (Å²) in [6.45, 7) is -0.783. The number of hydrogen-bond donors (Lipinski definition) is 2. The van der Waals surface area contributed by atoms with E-state index in [0.29, 0.717) is 0 Å². The van der Waals surface area contributed by atoms with Gasteiger partial charge in [0, 0.05) is 16.9 Å². The van der Waals surface area contributed by atoms with Gasteiger partial charge < -0.3 is 10.8 Å². The molecule has 0 saturated heterocycles. The topological polar surface area (TPSA) is 83.6 Å². The van der Waals surface area contributed by atoms with Crippen LogP contribution in [0.25, 0.3) is 0 Å². The van der Waals surface area contributed by atoms with E-state index in [1.807, 2.05) is 0 Å². The van der Waals surface area contributed by atoms with Crippen LogP contribution >= 0.6 is 0 Å². The second-order valence-electron chi connectivity index (χ2n) is 4.96. The Kier molecular flexibility index (Phi) is 4.77. The van der Waals surface area contributed by atoms with E-state index in [4.69, 9.17) is 10.8 Å². The SMILES string of the molecule is Nc1cccc(C(=O)N(CC(=O)O)c2cccc(C(F)(F)F)c2)c1. The van der Waals surface area contributed by atoms with Gasteiger partial charge in [-0.15, -0.1) is 0 Å². The number of carboxylic acids is 1. The summed E-state index contributed by atoms with van der Waals surface area (Å²) in [6.07, 6.45) is -4.61. The number of nitrogen functional groups attached to an aromatic ring is 1. The van der Waals surface area contributed by atoms with Crippen molar-refractivity contribution in [3.63, 3.8) is 0 Å². The number of nitrogens with zero attached hydrogens (tertiary/aromatic N) is 1. The predicted molar refractivity (Wildman–Crippen MR) is 81.6 cm³/mol. The van der Waals surface area contributed by atoms with Gasteiger partial charge in [0.15, 0.2) is 0 Å². The monoisotopic (exact) mass is 338 g/mol. The number of nitrogens with two attached hydrogens (primary N) is 1. The molecule has 0 unspecified atom stereocenters. The molecular formula is C16H13F3N2O3. The molecule has 5 nitrogen and oxygen atoms in total. The van der Waals surface area contributed by atoms with Gasteiger partial charge in [-0.2, -0.15) is 13.2 Å². The molecule has 0 fully saturated rings. The number of anilines is 2. The maximum atomic E-state index is 12.8. The van der Waals surface area contributed by atoms with Crippen molar-refractivity contribution < 1.29 is 27.9 Å². The quantitative estimate of drug-likeness (QED) is 0.840. The molecule has 3 N–H and O–H groups in total. The molecule has 0 bridgehead atoms. The van der Waals surface area contributed by atoms with Crippen LogP contribution in [-0.2, 0) is 11.0 Å². The van der Waals surface area contributed by atoms with Crippen LogP contribution in [0.5, 0.6) is 0 Å². The third-order valence-electron chi connectivity index (χ3n) is 3.16. The third-order valence-corrected chi connectivity index (χ3v) is 3.16.